The van der Waals surface area contributed by atoms with E-state index in [1.807, 2.05) is 0 Å². The highest BCUT2D eigenvalue weighted by Gasteiger charge is 2.02. The number of hydrogen-bond donors (Lipinski definition) is 0. The van der Waals surface area contributed by atoms with E-state index in [4.69, 9.17) is 0 Å². The van der Waals surface area contributed by atoms with E-state index in [0.717, 1.165) is 0 Å². The number of halogens is 4. The van der Waals surface area contributed by atoms with Gasteiger partial charge in [-0.15, -0.1) is 0 Å². The van der Waals surface area contributed by atoms with Crippen LogP contribution < -0.4 is 0 Å². The molecule has 0 heterocycles. The topological polar surface area (TPSA) is 0 Å². The Balaban J connectivity index is 3.17. The summed E-state index contributed by atoms with van der Waals surface area (Å²) in [5.74, 6) is -0.256. The van der Waals surface area contributed by atoms with E-state index in [1.54, 1.807) is 24.3 Å². The van der Waals surface area contributed by atoms with Gasteiger partial charge in [0.25, 0.3) is 0 Å². The predicted octanol–water partition coefficient (Wildman–Crippen LogP) is 4.68. The fourth-order valence-electron chi connectivity index (χ4n) is 0.750. The summed E-state index contributed by atoms with van der Waals surface area (Å²) >= 11 is 9.43. The normalized spacial score (nSPS) is 9.67. The van der Waals surface area contributed by atoms with Crippen molar-refractivity contribution in [3.8, 4) is 0 Å². The van der Waals surface area contributed by atoms with Crippen molar-refractivity contribution in [2.45, 2.75) is 0 Å². The molecule has 0 atom stereocenters. The van der Waals surface area contributed by atoms with Gasteiger partial charge in [-0.2, -0.15) is 0 Å². The van der Waals surface area contributed by atoms with E-state index < -0.39 is 0 Å². The molecule has 0 radical (unpaired) electrons. The molecule has 0 saturated heterocycles. The molecule has 64 valence electrons. The van der Waals surface area contributed by atoms with Gasteiger partial charge in [-0.3, -0.25) is 0 Å². The van der Waals surface area contributed by atoms with Crippen LogP contribution in [0.25, 0.3) is 6.08 Å². The summed E-state index contributed by atoms with van der Waals surface area (Å²) in [4.78, 5) is 0. The lowest BCUT2D eigenvalue weighted by Gasteiger charge is -1.98. The molecule has 1 rings (SSSR count). The summed E-state index contributed by atoms with van der Waals surface area (Å²) in [7, 11) is 0. The minimum atomic E-state index is -0.256. The summed E-state index contributed by atoms with van der Waals surface area (Å²) < 4.78 is 14.4. The Kier molecular flexibility index (Phi) is 3.93. The Morgan fingerprint density at radius 3 is 2.58 bits per heavy atom. The minimum absolute atomic E-state index is 0.256. The summed E-state index contributed by atoms with van der Waals surface area (Å²) in [6.45, 7) is 0. The molecule has 0 N–H and O–H groups in total. The highest BCUT2D eigenvalue weighted by Crippen LogP contribution is 2.23. The lowest BCUT2D eigenvalue weighted by Crippen LogP contribution is -1.82. The third-order valence-corrected chi connectivity index (χ3v) is 2.32. The van der Waals surface area contributed by atoms with E-state index >= 15 is 0 Å². The van der Waals surface area contributed by atoms with Crippen LogP contribution in [0.1, 0.15) is 5.56 Å². The highest BCUT2D eigenvalue weighted by molar-refractivity contribution is 9.28. The number of benzene rings is 1. The Labute approximate surface area is 95.2 Å². The second kappa shape index (κ2) is 4.53. The van der Waals surface area contributed by atoms with Gasteiger partial charge in [0.2, 0.25) is 0 Å². The zero-order chi connectivity index (χ0) is 9.14. The van der Waals surface area contributed by atoms with E-state index in [2.05, 4.69) is 47.8 Å². The van der Waals surface area contributed by atoms with Gasteiger partial charge in [-0.1, -0.05) is 12.1 Å². The lowest BCUT2D eigenvalue weighted by atomic mass is 10.2. The van der Waals surface area contributed by atoms with Gasteiger partial charge in [-0.05, 0) is 59.9 Å². The molecule has 0 aliphatic rings. The van der Waals surface area contributed by atoms with Crippen molar-refractivity contribution in [1.82, 2.24) is 0 Å². The third-order valence-electron chi connectivity index (χ3n) is 1.25. The Morgan fingerprint density at radius 1 is 1.33 bits per heavy atom. The molecule has 0 aliphatic heterocycles. The molecule has 0 nitrogen and oxygen atoms in total. The van der Waals surface area contributed by atoms with Crippen molar-refractivity contribution in [3.05, 3.63) is 37.4 Å². The number of hydrogen-bond acceptors (Lipinski definition) is 0. The Morgan fingerprint density at radius 2 is 2.00 bits per heavy atom. The van der Waals surface area contributed by atoms with E-state index in [-0.39, 0.29) is 5.82 Å². The van der Waals surface area contributed by atoms with E-state index in [9.17, 15) is 4.39 Å². The molecular formula is C8H4Br3F. The van der Waals surface area contributed by atoms with Gasteiger partial charge >= 0.3 is 0 Å². The van der Waals surface area contributed by atoms with Crippen LogP contribution in [0.5, 0.6) is 0 Å². The van der Waals surface area contributed by atoms with Gasteiger partial charge in [-0.25, -0.2) is 4.39 Å². The standard InChI is InChI=1S/C8H4Br3F/c9-6-3-1-2-5(8(6)12)4-7(10)11/h1-4H. The molecule has 0 bridgehead atoms. The second-order valence-corrected chi connectivity index (χ2v) is 5.70. The lowest BCUT2D eigenvalue weighted by molar-refractivity contribution is 0.618. The van der Waals surface area contributed by atoms with Crippen LogP contribution in [0.4, 0.5) is 4.39 Å². The molecule has 0 amide bonds. The molecule has 0 unspecified atom stereocenters. The van der Waals surface area contributed by atoms with Crippen LogP contribution in [0.2, 0.25) is 0 Å². The van der Waals surface area contributed by atoms with Gasteiger partial charge in [0.05, 0.1) is 7.86 Å². The van der Waals surface area contributed by atoms with Crippen LogP contribution in [-0.2, 0) is 0 Å². The molecule has 4 heteroatoms. The van der Waals surface area contributed by atoms with E-state index in [0.29, 0.717) is 13.4 Å². The molecule has 0 aliphatic carbocycles. The molecule has 12 heavy (non-hydrogen) atoms. The summed E-state index contributed by atoms with van der Waals surface area (Å²) in [5.41, 5.74) is 0.535. The SMILES string of the molecule is Fc1c(Br)cccc1C=C(Br)Br. The molecular weight excluding hydrogens is 355 g/mol. The van der Waals surface area contributed by atoms with Gasteiger partial charge in [0.15, 0.2) is 0 Å². The second-order valence-electron chi connectivity index (χ2n) is 2.08. The van der Waals surface area contributed by atoms with Crippen molar-refractivity contribution in [3.63, 3.8) is 0 Å². The Bertz CT molecular complexity index is 316. The highest BCUT2D eigenvalue weighted by atomic mass is 79.9. The molecule has 1 aromatic rings. The summed E-state index contributed by atoms with van der Waals surface area (Å²) in [6, 6.07) is 5.14. The third kappa shape index (κ3) is 2.68. The summed E-state index contributed by atoms with van der Waals surface area (Å²) in [6.07, 6.45) is 1.65. The maximum atomic E-state index is 13.2. The minimum Gasteiger partial charge on any atom is -0.205 e. The Hall–Kier alpha value is 0.330. The van der Waals surface area contributed by atoms with Crippen molar-refractivity contribution in [1.29, 1.82) is 0 Å². The molecule has 0 aromatic heterocycles. The smallest absolute Gasteiger partial charge is 0.144 e. The molecule has 0 spiro atoms. The quantitative estimate of drug-likeness (QED) is 0.684. The largest absolute Gasteiger partial charge is 0.205 e. The van der Waals surface area contributed by atoms with E-state index in [1.165, 1.54) is 0 Å². The fraction of sp³-hybridized carbons (Fsp3) is 0. The first-order valence-corrected chi connectivity index (χ1v) is 5.46. The fourth-order valence-corrected chi connectivity index (χ4v) is 1.62. The van der Waals surface area contributed by atoms with Crippen molar-refractivity contribution in [2.75, 3.05) is 0 Å². The molecule has 1 aromatic carbocycles. The van der Waals surface area contributed by atoms with Crippen LogP contribution in [0.15, 0.2) is 26.1 Å². The van der Waals surface area contributed by atoms with Crippen LogP contribution in [-0.4, -0.2) is 0 Å². The predicted molar refractivity (Wildman–Crippen MR) is 59.9 cm³/mol. The summed E-state index contributed by atoms with van der Waals surface area (Å²) in [5, 5.41) is 0. The monoisotopic (exact) mass is 356 g/mol. The van der Waals surface area contributed by atoms with Crippen molar-refractivity contribution >= 4 is 53.9 Å². The van der Waals surface area contributed by atoms with Gasteiger partial charge in [0, 0.05) is 5.56 Å². The zero-order valence-electron chi connectivity index (χ0n) is 5.82. The molecule has 0 saturated carbocycles. The van der Waals surface area contributed by atoms with Crippen LogP contribution >= 0.6 is 47.8 Å². The van der Waals surface area contributed by atoms with Crippen molar-refractivity contribution in [2.24, 2.45) is 0 Å². The molecule has 0 fully saturated rings. The van der Waals surface area contributed by atoms with Crippen LogP contribution in [0, 0.1) is 5.82 Å². The first-order chi connectivity index (χ1) is 5.61. The average Bonchev–Trinajstić information content (AvgIpc) is 1.98. The van der Waals surface area contributed by atoms with Gasteiger partial charge in [0.1, 0.15) is 5.82 Å². The van der Waals surface area contributed by atoms with Gasteiger partial charge < -0.3 is 0 Å². The van der Waals surface area contributed by atoms with Crippen LogP contribution in [0.3, 0.4) is 0 Å². The first kappa shape index (κ1) is 10.4. The zero-order valence-corrected chi connectivity index (χ0v) is 10.6. The number of rotatable bonds is 1. The first-order valence-electron chi connectivity index (χ1n) is 3.08. The maximum absolute atomic E-state index is 13.2. The maximum Gasteiger partial charge on any atom is 0.144 e. The van der Waals surface area contributed by atoms with Crippen molar-refractivity contribution < 1.29 is 4.39 Å². The average molecular weight is 359 g/mol.